The molecule has 0 bridgehead atoms. The largest absolute Gasteiger partial charge is 0.496 e. The van der Waals surface area contributed by atoms with Crippen molar-refractivity contribution in [1.29, 1.82) is 0 Å². The molecule has 3 nitrogen and oxygen atoms in total. The van der Waals surface area contributed by atoms with Crippen LogP contribution in [0.5, 0.6) is 5.75 Å². The third-order valence-corrected chi connectivity index (χ3v) is 5.86. The van der Waals surface area contributed by atoms with Crippen LogP contribution in [0.1, 0.15) is 33.8 Å². The van der Waals surface area contributed by atoms with Crippen LogP contribution in [-0.2, 0) is 0 Å². The van der Waals surface area contributed by atoms with Gasteiger partial charge in [-0.1, -0.05) is 6.07 Å². The zero-order chi connectivity index (χ0) is 15.6. The van der Waals surface area contributed by atoms with E-state index in [1.54, 1.807) is 7.11 Å². The van der Waals surface area contributed by atoms with Gasteiger partial charge in [0.1, 0.15) is 5.75 Å². The Morgan fingerprint density at radius 1 is 1.33 bits per heavy atom. The molecule has 112 valence electrons. The Kier molecular flexibility index (Phi) is 5.46. The van der Waals surface area contributed by atoms with E-state index >= 15 is 0 Å². The van der Waals surface area contributed by atoms with Crippen LogP contribution in [0, 0.1) is 6.92 Å². The molecular weight excluding hydrogens is 418 g/mol. The van der Waals surface area contributed by atoms with Crippen LogP contribution in [0.15, 0.2) is 32.5 Å². The fourth-order valence-corrected chi connectivity index (χ4v) is 3.87. The van der Waals surface area contributed by atoms with Gasteiger partial charge in [-0.3, -0.25) is 4.79 Å². The lowest BCUT2D eigenvalue weighted by atomic mass is 10.1. The number of carbonyl (C=O) groups excluding carboxylic acids is 1. The van der Waals surface area contributed by atoms with Gasteiger partial charge in [-0.15, -0.1) is 11.3 Å². The van der Waals surface area contributed by atoms with Crippen LogP contribution in [0.2, 0.25) is 0 Å². The predicted octanol–water partition coefficient (Wildman–Crippen LogP) is 5.08. The number of carbonyl (C=O) groups is 1. The number of halogens is 2. The quantitative estimate of drug-likeness (QED) is 0.731. The minimum atomic E-state index is -0.0825. The average molecular weight is 433 g/mol. The number of benzene rings is 1. The van der Waals surface area contributed by atoms with Crippen LogP contribution in [0.25, 0.3) is 0 Å². The molecular formula is C15H15Br2NO2S. The molecule has 1 heterocycles. The van der Waals surface area contributed by atoms with Gasteiger partial charge in [0.15, 0.2) is 0 Å². The van der Waals surface area contributed by atoms with E-state index in [-0.39, 0.29) is 11.9 Å². The molecule has 0 fully saturated rings. The molecule has 6 heteroatoms. The number of aryl methyl sites for hydroxylation is 1. The smallest absolute Gasteiger partial charge is 0.261 e. The van der Waals surface area contributed by atoms with Crippen molar-refractivity contribution in [2.45, 2.75) is 19.9 Å². The summed E-state index contributed by atoms with van der Waals surface area (Å²) in [6.45, 7) is 3.93. The Hall–Kier alpha value is -0.850. The lowest BCUT2D eigenvalue weighted by Gasteiger charge is -2.15. The third-order valence-electron chi connectivity index (χ3n) is 3.10. The van der Waals surface area contributed by atoms with E-state index in [4.69, 9.17) is 4.74 Å². The highest BCUT2D eigenvalue weighted by Gasteiger charge is 2.15. The summed E-state index contributed by atoms with van der Waals surface area (Å²) >= 11 is 8.34. The monoisotopic (exact) mass is 431 g/mol. The normalized spacial score (nSPS) is 12.0. The molecule has 0 aliphatic heterocycles. The van der Waals surface area contributed by atoms with Crippen molar-refractivity contribution in [3.8, 4) is 5.75 Å². The van der Waals surface area contributed by atoms with Crippen LogP contribution < -0.4 is 10.1 Å². The summed E-state index contributed by atoms with van der Waals surface area (Å²) in [5, 5.41) is 3.01. The van der Waals surface area contributed by atoms with Gasteiger partial charge in [0.2, 0.25) is 0 Å². The van der Waals surface area contributed by atoms with Crippen molar-refractivity contribution in [2.24, 2.45) is 0 Å². The van der Waals surface area contributed by atoms with Crippen LogP contribution in [0.3, 0.4) is 0 Å². The number of hydrogen-bond donors (Lipinski definition) is 1. The van der Waals surface area contributed by atoms with Crippen molar-refractivity contribution in [3.05, 3.63) is 48.5 Å². The van der Waals surface area contributed by atoms with Gasteiger partial charge >= 0.3 is 0 Å². The van der Waals surface area contributed by atoms with Crippen molar-refractivity contribution < 1.29 is 9.53 Å². The van der Waals surface area contributed by atoms with Crippen molar-refractivity contribution in [3.63, 3.8) is 0 Å². The molecule has 0 saturated heterocycles. The topological polar surface area (TPSA) is 38.3 Å². The summed E-state index contributed by atoms with van der Waals surface area (Å²) < 4.78 is 7.07. The number of hydrogen-bond acceptors (Lipinski definition) is 3. The molecule has 2 aromatic rings. The van der Waals surface area contributed by atoms with Crippen molar-refractivity contribution in [1.82, 2.24) is 5.32 Å². The summed E-state index contributed by atoms with van der Waals surface area (Å²) in [6, 6.07) is 7.60. The maximum absolute atomic E-state index is 12.2. The molecule has 1 amide bonds. The Morgan fingerprint density at radius 3 is 2.57 bits per heavy atom. The maximum Gasteiger partial charge on any atom is 0.261 e. The first-order valence-electron chi connectivity index (χ1n) is 6.32. The summed E-state index contributed by atoms with van der Waals surface area (Å²) in [5.74, 6) is 0.711. The Bertz CT molecular complexity index is 650. The van der Waals surface area contributed by atoms with E-state index in [2.05, 4.69) is 37.2 Å². The average Bonchev–Trinajstić information content (AvgIpc) is 2.78. The number of methoxy groups -OCH3 is 1. The molecule has 0 saturated carbocycles. The zero-order valence-electron chi connectivity index (χ0n) is 11.9. The molecule has 1 atom stereocenters. The van der Waals surface area contributed by atoms with Crippen molar-refractivity contribution >= 4 is 49.1 Å². The molecule has 0 aliphatic rings. The highest BCUT2D eigenvalue weighted by atomic mass is 79.9. The van der Waals surface area contributed by atoms with Crippen molar-refractivity contribution in [2.75, 3.05) is 7.11 Å². The molecule has 21 heavy (non-hydrogen) atoms. The molecule has 2 rings (SSSR count). The fraction of sp³-hybridized carbons (Fsp3) is 0.267. The molecule has 1 unspecified atom stereocenters. The SMILES string of the molecule is COc1ccc(C(C)NC(=O)c2cc(C)c(Br)s2)cc1Br. The Balaban J connectivity index is 2.12. The highest BCUT2D eigenvalue weighted by molar-refractivity contribution is 9.11. The number of thiophene rings is 1. The van der Waals surface area contributed by atoms with Gasteiger partial charge in [-0.25, -0.2) is 0 Å². The maximum atomic E-state index is 12.2. The number of rotatable bonds is 4. The first-order chi connectivity index (χ1) is 9.92. The fourth-order valence-electron chi connectivity index (χ4n) is 1.87. The van der Waals surface area contributed by atoms with Crippen LogP contribution in [0.4, 0.5) is 0 Å². The minimum absolute atomic E-state index is 0.0618. The molecule has 1 N–H and O–H groups in total. The summed E-state index contributed by atoms with van der Waals surface area (Å²) in [4.78, 5) is 13.0. The van der Waals surface area contributed by atoms with Gasteiger partial charge < -0.3 is 10.1 Å². The lowest BCUT2D eigenvalue weighted by molar-refractivity contribution is 0.0944. The van der Waals surface area contributed by atoms with E-state index in [1.165, 1.54) is 11.3 Å². The summed E-state index contributed by atoms with van der Waals surface area (Å²) in [7, 11) is 1.63. The first kappa shape index (κ1) is 16.5. The zero-order valence-corrected chi connectivity index (χ0v) is 15.9. The van der Waals surface area contributed by atoms with Gasteiger partial charge in [0.25, 0.3) is 5.91 Å². The van der Waals surface area contributed by atoms with Gasteiger partial charge in [0.05, 0.1) is 26.3 Å². The van der Waals surface area contributed by atoms with Gasteiger partial charge in [-0.05, 0) is 75.0 Å². The lowest BCUT2D eigenvalue weighted by Crippen LogP contribution is -2.25. The third kappa shape index (κ3) is 3.87. The number of nitrogens with one attached hydrogen (secondary N) is 1. The van der Waals surface area contributed by atoms with Crippen LogP contribution >= 0.6 is 43.2 Å². The minimum Gasteiger partial charge on any atom is -0.496 e. The molecule has 0 spiro atoms. The molecule has 0 aliphatic carbocycles. The summed E-state index contributed by atoms with van der Waals surface area (Å²) in [5.41, 5.74) is 2.09. The number of amides is 1. The van der Waals surface area contributed by atoms with E-state index < -0.39 is 0 Å². The van der Waals surface area contributed by atoms with E-state index in [9.17, 15) is 4.79 Å². The predicted molar refractivity (Wildman–Crippen MR) is 93.3 cm³/mol. The number of ether oxygens (including phenoxy) is 1. The molecule has 1 aromatic heterocycles. The van der Waals surface area contributed by atoms with E-state index in [0.29, 0.717) is 4.88 Å². The van der Waals surface area contributed by atoms with Gasteiger partial charge in [0, 0.05) is 0 Å². The second kappa shape index (κ2) is 6.94. The Morgan fingerprint density at radius 2 is 2.05 bits per heavy atom. The molecule has 0 radical (unpaired) electrons. The standard InChI is InChI=1S/C15H15Br2NO2S/c1-8-6-13(21-14(8)17)15(19)18-9(2)10-4-5-12(20-3)11(16)7-10/h4-7,9H,1-3H3,(H,18,19). The first-order valence-corrected chi connectivity index (χ1v) is 8.73. The van der Waals surface area contributed by atoms with Crippen LogP contribution in [-0.4, -0.2) is 13.0 Å². The highest BCUT2D eigenvalue weighted by Crippen LogP contribution is 2.29. The second-order valence-corrected chi connectivity index (χ2v) is 7.88. The molecule has 1 aromatic carbocycles. The van der Waals surface area contributed by atoms with E-state index in [0.717, 1.165) is 25.1 Å². The van der Waals surface area contributed by atoms with E-state index in [1.807, 2.05) is 38.1 Å². The summed E-state index contributed by atoms with van der Waals surface area (Å²) in [6.07, 6.45) is 0. The van der Waals surface area contributed by atoms with Gasteiger partial charge in [-0.2, -0.15) is 0 Å². The Labute approximate surface area is 145 Å². The second-order valence-electron chi connectivity index (χ2n) is 4.66.